The molecular formula is C18H29N3O. The molecule has 0 saturated carbocycles. The van der Waals surface area contributed by atoms with Gasteiger partial charge in [-0.25, -0.2) is 0 Å². The molecule has 1 N–H and O–H groups in total. The van der Waals surface area contributed by atoms with Gasteiger partial charge in [0.2, 0.25) is 0 Å². The predicted octanol–water partition coefficient (Wildman–Crippen LogP) is 2.45. The number of likely N-dealkylation sites (N-methyl/N-ethyl adjacent to an activating group) is 1. The van der Waals surface area contributed by atoms with E-state index in [-0.39, 0.29) is 5.60 Å². The molecule has 4 nitrogen and oxygen atoms in total. The molecule has 0 amide bonds. The van der Waals surface area contributed by atoms with E-state index in [9.17, 15) is 0 Å². The SMILES string of the molecule is CC(Cc1ccc2c(c1)NCC(C)(C)O2)N1CCN(C)CC1. The van der Waals surface area contributed by atoms with Crippen LogP contribution in [0.4, 0.5) is 5.69 Å². The summed E-state index contributed by atoms with van der Waals surface area (Å²) < 4.78 is 6.03. The highest BCUT2D eigenvalue weighted by Crippen LogP contribution is 2.33. The van der Waals surface area contributed by atoms with Crippen LogP contribution >= 0.6 is 0 Å². The average molecular weight is 303 g/mol. The molecule has 0 spiro atoms. The topological polar surface area (TPSA) is 27.7 Å². The minimum Gasteiger partial charge on any atom is -0.484 e. The minimum atomic E-state index is -0.123. The highest BCUT2D eigenvalue weighted by Gasteiger charge is 2.26. The fourth-order valence-electron chi connectivity index (χ4n) is 3.31. The summed E-state index contributed by atoms with van der Waals surface area (Å²) in [5.41, 5.74) is 2.41. The lowest BCUT2D eigenvalue weighted by Crippen LogP contribution is -2.48. The Morgan fingerprint density at radius 2 is 1.95 bits per heavy atom. The maximum atomic E-state index is 6.03. The molecule has 1 unspecified atom stereocenters. The van der Waals surface area contributed by atoms with Crippen molar-refractivity contribution in [3.63, 3.8) is 0 Å². The van der Waals surface area contributed by atoms with Gasteiger partial charge in [0.15, 0.2) is 0 Å². The monoisotopic (exact) mass is 303 g/mol. The number of benzene rings is 1. The van der Waals surface area contributed by atoms with E-state index >= 15 is 0 Å². The van der Waals surface area contributed by atoms with Crippen molar-refractivity contribution in [2.75, 3.05) is 45.1 Å². The van der Waals surface area contributed by atoms with Crippen LogP contribution in [0.2, 0.25) is 0 Å². The van der Waals surface area contributed by atoms with Crippen LogP contribution in [0.25, 0.3) is 0 Å². The molecule has 2 aliphatic rings. The van der Waals surface area contributed by atoms with E-state index in [0.717, 1.165) is 24.4 Å². The number of nitrogens with one attached hydrogen (secondary N) is 1. The van der Waals surface area contributed by atoms with Crippen molar-refractivity contribution in [3.05, 3.63) is 23.8 Å². The minimum absolute atomic E-state index is 0.123. The Labute approximate surface area is 134 Å². The van der Waals surface area contributed by atoms with Gasteiger partial charge >= 0.3 is 0 Å². The largest absolute Gasteiger partial charge is 0.484 e. The summed E-state index contributed by atoms with van der Waals surface area (Å²) in [4.78, 5) is 5.01. The maximum Gasteiger partial charge on any atom is 0.143 e. The number of fused-ring (bicyclic) bond motifs is 1. The summed E-state index contributed by atoms with van der Waals surface area (Å²) in [5, 5.41) is 3.51. The Morgan fingerprint density at radius 3 is 2.68 bits per heavy atom. The Kier molecular flexibility index (Phi) is 4.33. The second kappa shape index (κ2) is 6.09. The summed E-state index contributed by atoms with van der Waals surface area (Å²) in [7, 11) is 2.21. The third kappa shape index (κ3) is 3.55. The standard InChI is InChI=1S/C18H29N3O/c1-14(21-9-7-20(4)8-10-21)11-15-5-6-17-16(12-15)19-13-18(2,3)22-17/h5-6,12,14,19H,7-11,13H2,1-4H3. The fraction of sp³-hybridized carbons (Fsp3) is 0.667. The second-order valence-electron chi connectivity index (χ2n) is 7.44. The van der Waals surface area contributed by atoms with Gasteiger partial charge in [-0.3, -0.25) is 4.90 Å². The van der Waals surface area contributed by atoms with Crippen molar-refractivity contribution in [1.29, 1.82) is 0 Å². The van der Waals surface area contributed by atoms with Gasteiger partial charge in [0.25, 0.3) is 0 Å². The molecule has 0 aromatic heterocycles. The van der Waals surface area contributed by atoms with E-state index < -0.39 is 0 Å². The normalized spacial score (nSPS) is 23.3. The van der Waals surface area contributed by atoms with Crippen LogP contribution in [0.1, 0.15) is 26.3 Å². The smallest absolute Gasteiger partial charge is 0.143 e. The first-order chi connectivity index (χ1) is 10.4. The zero-order chi connectivity index (χ0) is 15.7. The zero-order valence-corrected chi connectivity index (χ0v) is 14.4. The van der Waals surface area contributed by atoms with Crippen LogP contribution < -0.4 is 10.1 Å². The first-order valence-electron chi connectivity index (χ1n) is 8.41. The first kappa shape index (κ1) is 15.6. The molecule has 0 aliphatic carbocycles. The van der Waals surface area contributed by atoms with Crippen molar-refractivity contribution in [2.45, 2.75) is 38.8 Å². The molecule has 122 valence electrons. The third-order valence-corrected chi connectivity index (χ3v) is 4.83. The lowest BCUT2D eigenvalue weighted by molar-refractivity contribution is 0.115. The van der Waals surface area contributed by atoms with Crippen molar-refractivity contribution in [2.24, 2.45) is 0 Å². The molecule has 1 saturated heterocycles. The summed E-state index contributed by atoms with van der Waals surface area (Å²) in [6.45, 7) is 12.2. The number of rotatable bonds is 3. The quantitative estimate of drug-likeness (QED) is 0.928. The maximum absolute atomic E-state index is 6.03. The molecule has 1 fully saturated rings. The van der Waals surface area contributed by atoms with E-state index in [0.29, 0.717) is 6.04 Å². The molecule has 0 bridgehead atoms. The summed E-state index contributed by atoms with van der Waals surface area (Å²) in [5.74, 6) is 0.979. The van der Waals surface area contributed by atoms with Gasteiger partial charge < -0.3 is 15.0 Å². The highest BCUT2D eigenvalue weighted by atomic mass is 16.5. The molecule has 0 radical (unpaired) electrons. The first-order valence-corrected chi connectivity index (χ1v) is 8.41. The van der Waals surface area contributed by atoms with Gasteiger partial charge in [-0.2, -0.15) is 0 Å². The molecule has 2 heterocycles. The lowest BCUT2D eigenvalue weighted by atomic mass is 10.0. The number of anilines is 1. The van der Waals surface area contributed by atoms with Crippen LogP contribution in [-0.4, -0.2) is 61.2 Å². The van der Waals surface area contributed by atoms with Gasteiger partial charge in [-0.05, 0) is 51.9 Å². The predicted molar refractivity (Wildman–Crippen MR) is 91.9 cm³/mol. The van der Waals surface area contributed by atoms with Gasteiger partial charge in [-0.1, -0.05) is 6.07 Å². The number of nitrogens with zero attached hydrogens (tertiary/aromatic N) is 2. The van der Waals surface area contributed by atoms with E-state index in [2.05, 4.69) is 61.1 Å². The lowest BCUT2D eigenvalue weighted by Gasteiger charge is -2.37. The van der Waals surface area contributed by atoms with E-state index in [1.165, 1.54) is 31.7 Å². The van der Waals surface area contributed by atoms with Gasteiger partial charge in [0, 0.05) is 32.2 Å². The average Bonchev–Trinajstić information content (AvgIpc) is 2.47. The number of ether oxygens (including phenoxy) is 1. The molecule has 1 aromatic carbocycles. The summed E-state index contributed by atoms with van der Waals surface area (Å²) in [6, 6.07) is 7.19. The summed E-state index contributed by atoms with van der Waals surface area (Å²) >= 11 is 0. The van der Waals surface area contributed by atoms with Gasteiger partial charge in [-0.15, -0.1) is 0 Å². The molecule has 3 rings (SSSR count). The summed E-state index contributed by atoms with van der Waals surface area (Å²) in [6.07, 6.45) is 1.10. The molecule has 1 aromatic rings. The van der Waals surface area contributed by atoms with Gasteiger partial charge in [0.05, 0.1) is 12.2 Å². The Hall–Kier alpha value is -1.26. The van der Waals surface area contributed by atoms with Crippen molar-refractivity contribution >= 4 is 5.69 Å². The van der Waals surface area contributed by atoms with E-state index in [1.807, 2.05) is 0 Å². The van der Waals surface area contributed by atoms with Gasteiger partial charge in [0.1, 0.15) is 11.4 Å². The molecular weight excluding hydrogens is 274 g/mol. The number of piperazine rings is 1. The van der Waals surface area contributed by atoms with Crippen LogP contribution in [0, 0.1) is 0 Å². The molecule has 1 atom stereocenters. The van der Waals surface area contributed by atoms with E-state index in [4.69, 9.17) is 4.74 Å². The highest BCUT2D eigenvalue weighted by molar-refractivity contribution is 5.60. The number of hydrogen-bond acceptors (Lipinski definition) is 4. The van der Waals surface area contributed by atoms with Crippen LogP contribution in [0.15, 0.2) is 18.2 Å². The fourth-order valence-corrected chi connectivity index (χ4v) is 3.31. The van der Waals surface area contributed by atoms with Crippen molar-refractivity contribution in [3.8, 4) is 5.75 Å². The molecule has 22 heavy (non-hydrogen) atoms. The van der Waals surface area contributed by atoms with Crippen molar-refractivity contribution < 1.29 is 4.74 Å². The Balaban J connectivity index is 1.64. The molecule has 4 heteroatoms. The Bertz CT molecular complexity index is 521. The zero-order valence-electron chi connectivity index (χ0n) is 14.4. The van der Waals surface area contributed by atoms with Crippen molar-refractivity contribution in [1.82, 2.24) is 9.80 Å². The van der Waals surface area contributed by atoms with E-state index in [1.54, 1.807) is 0 Å². The number of hydrogen-bond donors (Lipinski definition) is 1. The second-order valence-corrected chi connectivity index (χ2v) is 7.44. The molecule has 2 aliphatic heterocycles. The van der Waals surface area contributed by atoms with Crippen LogP contribution in [0.3, 0.4) is 0 Å². The third-order valence-electron chi connectivity index (χ3n) is 4.83. The van der Waals surface area contributed by atoms with Crippen LogP contribution in [-0.2, 0) is 6.42 Å². The van der Waals surface area contributed by atoms with Crippen LogP contribution in [0.5, 0.6) is 5.75 Å². The Morgan fingerprint density at radius 1 is 1.23 bits per heavy atom.